The zero-order valence-electron chi connectivity index (χ0n) is 13.7. The molecule has 8 fully saturated rings. The Bertz CT molecular complexity index is 460. The van der Waals surface area contributed by atoms with Crippen LogP contribution in [0.1, 0.15) is 66.2 Å². The van der Waals surface area contributed by atoms with E-state index in [9.17, 15) is 0 Å². The van der Waals surface area contributed by atoms with Gasteiger partial charge in [0.05, 0.1) is 0 Å². The second kappa shape index (κ2) is 2.67. The molecule has 8 bridgehead atoms. The van der Waals surface area contributed by atoms with E-state index in [-0.39, 0.29) is 0 Å². The molecule has 0 N–H and O–H groups in total. The van der Waals surface area contributed by atoms with Gasteiger partial charge in [-0.15, -0.1) is 0 Å². The fourth-order valence-electron chi connectivity index (χ4n) is 9.53. The Hall–Kier alpha value is 0. The predicted molar refractivity (Wildman–Crippen MR) is 81.1 cm³/mol. The smallest absolute Gasteiger partial charge is 0.0207 e. The van der Waals surface area contributed by atoms with Gasteiger partial charge < -0.3 is 0 Å². The van der Waals surface area contributed by atoms with E-state index < -0.39 is 0 Å². The molecule has 8 saturated carbocycles. The van der Waals surface area contributed by atoms with E-state index in [0.717, 1.165) is 57.2 Å². The van der Waals surface area contributed by atoms with E-state index in [1.165, 1.54) is 0 Å². The Morgan fingerprint density at radius 3 is 1.10 bits per heavy atom. The standard InChI is InChI=1S/C20H30/c1-17(11-7-13-14(8-11)19(13,17)3)5-6-18(2)12-9-15-16(10-12)20(15,18)4/h11-16H,5-10H2,1-4H3/t11?,12?,13-,14+,15-,16+,17-,18+,19?,20?. The molecular formula is C20H30. The Labute approximate surface area is 124 Å². The minimum atomic E-state index is 0.721. The molecule has 8 rings (SSSR count). The van der Waals surface area contributed by atoms with Crippen molar-refractivity contribution in [1.29, 1.82) is 0 Å². The average molecular weight is 270 g/mol. The zero-order chi connectivity index (χ0) is 13.7. The molecule has 10 atom stereocenters. The van der Waals surface area contributed by atoms with Crippen molar-refractivity contribution in [3.8, 4) is 0 Å². The monoisotopic (exact) mass is 270 g/mol. The SMILES string of the molecule is CC12[C@@H]3CC(C[C@@H]31)[C@]2(C)CC[C@]1(C)C2C[C@@H]3[C@H](C2)C31C. The van der Waals surface area contributed by atoms with Crippen molar-refractivity contribution in [2.45, 2.75) is 66.2 Å². The van der Waals surface area contributed by atoms with Crippen LogP contribution in [0.25, 0.3) is 0 Å². The minimum Gasteiger partial charge on any atom is -0.0588 e. The van der Waals surface area contributed by atoms with Crippen LogP contribution in [0.3, 0.4) is 0 Å². The van der Waals surface area contributed by atoms with E-state index in [2.05, 4.69) is 27.7 Å². The van der Waals surface area contributed by atoms with Crippen LogP contribution in [0.2, 0.25) is 0 Å². The third-order valence-corrected chi connectivity index (χ3v) is 11.4. The molecule has 0 radical (unpaired) electrons. The van der Waals surface area contributed by atoms with Gasteiger partial charge in [0, 0.05) is 0 Å². The third-order valence-electron chi connectivity index (χ3n) is 11.4. The molecule has 0 nitrogen and oxygen atoms in total. The van der Waals surface area contributed by atoms with Crippen molar-refractivity contribution in [2.75, 3.05) is 0 Å². The molecular weight excluding hydrogens is 240 g/mol. The molecule has 0 spiro atoms. The van der Waals surface area contributed by atoms with Crippen LogP contribution < -0.4 is 0 Å². The van der Waals surface area contributed by atoms with Crippen molar-refractivity contribution in [1.82, 2.24) is 0 Å². The first-order valence-corrected chi connectivity index (χ1v) is 9.37. The average Bonchev–Trinajstić information content (AvgIpc) is 2.95. The normalized spacial score (nSPS) is 77.4. The molecule has 0 aromatic heterocycles. The lowest BCUT2D eigenvalue weighted by atomic mass is 9.64. The predicted octanol–water partition coefficient (Wildman–Crippen LogP) is 5.13. The fraction of sp³-hybridized carbons (Fsp3) is 1.00. The van der Waals surface area contributed by atoms with Crippen molar-refractivity contribution in [2.24, 2.45) is 57.2 Å². The molecule has 20 heavy (non-hydrogen) atoms. The van der Waals surface area contributed by atoms with Crippen LogP contribution in [0.4, 0.5) is 0 Å². The first kappa shape index (κ1) is 11.6. The largest absolute Gasteiger partial charge is 0.0588 e. The van der Waals surface area contributed by atoms with Gasteiger partial charge in [-0.05, 0) is 95.7 Å². The van der Waals surface area contributed by atoms with Gasteiger partial charge in [-0.1, -0.05) is 27.7 Å². The Balaban J connectivity index is 1.30. The summed E-state index contributed by atoms with van der Waals surface area (Å²) in [5.41, 5.74) is 3.00. The lowest BCUT2D eigenvalue weighted by Gasteiger charge is -2.41. The summed E-state index contributed by atoms with van der Waals surface area (Å²) < 4.78 is 0. The number of hydrogen-bond donors (Lipinski definition) is 0. The summed E-state index contributed by atoms with van der Waals surface area (Å²) in [4.78, 5) is 0. The Morgan fingerprint density at radius 2 is 0.900 bits per heavy atom. The first-order valence-electron chi connectivity index (χ1n) is 9.37. The summed E-state index contributed by atoms with van der Waals surface area (Å²) in [6.45, 7) is 10.7. The van der Waals surface area contributed by atoms with Gasteiger partial charge in [0.2, 0.25) is 0 Å². The van der Waals surface area contributed by atoms with E-state index in [1.54, 1.807) is 38.5 Å². The van der Waals surface area contributed by atoms with Gasteiger partial charge in [-0.3, -0.25) is 0 Å². The van der Waals surface area contributed by atoms with Gasteiger partial charge in [0.25, 0.3) is 0 Å². The maximum atomic E-state index is 2.69. The van der Waals surface area contributed by atoms with E-state index >= 15 is 0 Å². The van der Waals surface area contributed by atoms with Crippen molar-refractivity contribution in [3.63, 3.8) is 0 Å². The maximum Gasteiger partial charge on any atom is -0.0207 e. The minimum absolute atomic E-state index is 0.721. The topological polar surface area (TPSA) is 0 Å². The molecule has 0 heteroatoms. The quantitative estimate of drug-likeness (QED) is 0.667. The highest BCUT2D eigenvalue weighted by Crippen LogP contribution is 2.90. The Morgan fingerprint density at radius 1 is 0.600 bits per heavy atom. The lowest BCUT2D eigenvalue weighted by molar-refractivity contribution is 0.0799. The van der Waals surface area contributed by atoms with Gasteiger partial charge in [-0.25, -0.2) is 0 Å². The van der Waals surface area contributed by atoms with Crippen LogP contribution in [-0.4, -0.2) is 0 Å². The molecule has 4 unspecified atom stereocenters. The summed E-state index contributed by atoms with van der Waals surface area (Å²) in [6, 6.07) is 0. The third kappa shape index (κ3) is 0.793. The number of hydrogen-bond acceptors (Lipinski definition) is 0. The van der Waals surface area contributed by atoms with Gasteiger partial charge >= 0.3 is 0 Å². The number of rotatable bonds is 3. The molecule has 110 valence electrons. The van der Waals surface area contributed by atoms with Gasteiger partial charge in [0.1, 0.15) is 0 Å². The second-order valence-corrected chi connectivity index (χ2v) is 10.7. The highest BCUT2D eigenvalue weighted by molar-refractivity contribution is 5.31. The summed E-state index contributed by atoms with van der Waals surface area (Å²) in [6.07, 6.45) is 9.51. The van der Waals surface area contributed by atoms with Crippen LogP contribution in [0.5, 0.6) is 0 Å². The first-order chi connectivity index (χ1) is 9.37. The van der Waals surface area contributed by atoms with Crippen molar-refractivity contribution in [3.05, 3.63) is 0 Å². The van der Waals surface area contributed by atoms with Gasteiger partial charge in [0.15, 0.2) is 0 Å². The molecule has 0 amide bonds. The Kier molecular flexibility index (Phi) is 1.54. The highest BCUT2D eigenvalue weighted by atomic mass is 14.9. The van der Waals surface area contributed by atoms with Crippen molar-refractivity contribution < 1.29 is 0 Å². The van der Waals surface area contributed by atoms with Crippen LogP contribution in [0, 0.1) is 57.2 Å². The van der Waals surface area contributed by atoms with Crippen LogP contribution >= 0.6 is 0 Å². The fourth-order valence-corrected chi connectivity index (χ4v) is 9.53. The summed E-state index contributed by atoms with van der Waals surface area (Å²) in [5, 5.41) is 0. The second-order valence-electron chi connectivity index (χ2n) is 10.7. The molecule has 0 aliphatic heterocycles. The summed E-state index contributed by atoms with van der Waals surface area (Å²) >= 11 is 0. The van der Waals surface area contributed by atoms with E-state index in [0.29, 0.717) is 0 Å². The molecule has 0 aromatic rings. The lowest BCUT2D eigenvalue weighted by Crippen LogP contribution is -2.33. The van der Waals surface area contributed by atoms with E-state index in [1.807, 2.05) is 0 Å². The van der Waals surface area contributed by atoms with E-state index in [4.69, 9.17) is 0 Å². The highest BCUT2D eigenvalue weighted by Gasteiger charge is 2.83. The molecule has 0 heterocycles. The van der Waals surface area contributed by atoms with Crippen molar-refractivity contribution >= 4 is 0 Å². The summed E-state index contributed by atoms with van der Waals surface area (Å²) in [7, 11) is 0. The molecule has 8 aliphatic rings. The van der Waals surface area contributed by atoms with Crippen LogP contribution in [0.15, 0.2) is 0 Å². The molecule has 8 aliphatic carbocycles. The zero-order valence-corrected chi connectivity index (χ0v) is 13.7. The van der Waals surface area contributed by atoms with Crippen LogP contribution in [-0.2, 0) is 0 Å². The van der Waals surface area contributed by atoms with Gasteiger partial charge in [-0.2, -0.15) is 0 Å². The molecule has 0 saturated heterocycles. The summed E-state index contributed by atoms with van der Waals surface area (Å²) in [5.74, 6) is 6.79. The molecule has 0 aromatic carbocycles. The maximum absolute atomic E-state index is 2.69.